The Hall–Kier alpha value is -2.15. The zero-order valence-corrected chi connectivity index (χ0v) is 15.4. The number of hydrogen-bond acceptors (Lipinski definition) is 5. The molecule has 0 spiro atoms. The standard InChI is InChI=1S/C17H21N5OS/c1-11-6-7-14-13(8-11)12(2)9-17(3,4)22(14)15(23)10-24-16-18-19-20-21(16)5/h6-9H,10H2,1-5H3. The molecule has 126 valence electrons. The van der Waals surface area contributed by atoms with E-state index in [1.54, 1.807) is 11.7 Å². The Labute approximate surface area is 145 Å². The van der Waals surface area contributed by atoms with Crippen molar-refractivity contribution in [1.29, 1.82) is 0 Å². The normalized spacial score (nSPS) is 15.9. The molecule has 0 aliphatic carbocycles. The summed E-state index contributed by atoms with van der Waals surface area (Å²) in [5.74, 6) is 0.333. The van der Waals surface area contributed by atoms with Crippen molar-refractivity contribution < 1.29 is 4.79 Å². The Balaban J connectivity index is 1.91. The number of thioether (sulfide) groups is 1. The maximum Gasteiger partial charge on any atom is 0.238 e. The number of hydrogen-bond donors (Lipinski definition) is 0. The Morgan fingerprint density at radius 1 is 1.29 bits per heavy atom. The highest BCUT2D eigenvalue weighted by atomic mass is 32.2. The number of carbonyl (C=O) groups excluding carboxylic acids is 1. The van der Waals surface area contributed by atoms with E-state index in [0.29, 0.717) is 5.16 Å². The topological polar surface area (TPSA) is 63.9 Å². The first kappa shape index (κ1) is 16.7. The zero-order chi connectivity index (χ0) is 17.5. The number of fused-ring (bicyclic) bond motifs is 1. The van der Waals surface area contributed by atoms with Gasteiger partial charge in [-0.15, -0.1) is 5.10 Å². The zero-order valence-electron chi connectivity index (χ0n) is 14.6. The number of carbonyl (C=O) groups is 1. The lowest BCUT2D eigenvalue weighted by Gasteiger charge is -2.41. The summed E-state index contributed by atoms with van der Waals surface area (Å²) < 4.78 is 1.57. The number of benzene rings is 1. The molecule has 0 bridgehead atoms. The molecule has 7 heteroatoms. The fourth-order valence-corrected chi connectivity index (χ4v) is 3.83. The van der Waals surface area contributed by atoms with E-state index in [-0.39, 0.29) is 17.2 Å². The molecule has 0 unspecified atom stereocenters. The molecule has 6 nitrogen and oxygen atoms in total. The van der Waals surface area contributed by atoms with Gasteiger partial charge in [0.25, 0.3) is 0 Å². The molecular weight excluding hydrogens is 322 g/mol. The van der Waals surface area contributed by atoms with E-state index in [0.717, 1.165) is 11.3 Å². The highest BCUT2D eigenvalue weighted by Gasteiger charge is 2.35. The lowest BCUT2D eigenvalue weighted by molar-refractivity contribution is -0.116. The Kier molecular flexibility index (Phi) is 4.21. The molecule has 0 N–H and O–H groups in total. The van der Waals surface area contributed by atoms with Crippen LogP contribution in [0, 0.1) is 6.92 Å². The molecule has 3 rings (SSSR count). The summed E-state index contributed by atoms with van der Waals surface area (Å²) in [4.78, 5) is 14.9. The van der Waals surface area contributed by atoms with Crippen molar-refractivity contribution in [2.75, 3.05) is 10.7 Å². The van der Waals surface area contributed by atoms with Crippen molar-refractivity contribution in [1.82, 2.24) is 20.2 Å². The maximum absolute atomic E-state index is 13.0. The summed E-state index contributed by atoms with van der Waals surface area (Å²) in [6, 6.07) is 6.22. The van der Waals surface area contributed by atoms with E-state index in [2.05, 4.69) is 55.4 Å². The van der Waals surface area contributed by atoms with Gasteiger partial charge in [0.15, 0.2) is 0 Å². The summed E-state index contributed by atoms with van der Waals surface area (Å²) in [6.45, 7) is 8.29. The minimum Gasteiger partial charge on any atom is -0.302 e. The molecule has 2 heterocycles. The van der Waals surface area contributed by atoms with Crippen LogP contribution in [0.5, 0.6) is 0 Å². The maximum atomic E-state index is 13.0. The molecule has 1 aromatic carbocycles. The average molecular weight is 343 g/mol. The van der Waals surface area contributed by atoms with Crippen LogP contribution in [0.25, 0.3) is 5.57 Å². The quantitative estimate of drug-likeness (QED) is 0.802. The molecule has 1 aromatic heterocycles. The van der Waals surface area contributed by atoms with E-state index < -0.39 is 0 Å². The summed E-state index contributed by atoms with van der Waals surface area (Å²) in [5, 5.41) is 11.9. The molecule has 0 saturated heterocycles. The number of tetrazole rings is 1. The molecule has 0 saturated carbocycles. The van der Waals surface area contributed by atoms with Crippen molar-refractivity contribution in [3.05, 3.63) is 35.4 Å². The fourth-order valence-electron chi connectivity index (χ4n) is 3.13. The second-order valence-corrected chi connectivity index (χ2v) is 7.55. The van der Waals surface area contributed by atoms with Gasteiger partial charge in [-0.05, 0) is 55.8 Å². The van der Waals surface area contributed by atoms with Crippen LogP contribution in [0.2, 0.25) is 0 Å². The first-order chi connectivity index (χ1) is 11.3. The molecule has 0 radical (unpaired) electrons. The summed E-state index contributed by atoms with van der Waals surface area (Å²) in [6.07, 6.45) is 2.15. The molecule has 0 atom stereocenters. The number of aromatic nitrogens is 4. The van der Waals surface area contributed by atoms with E-state index >= 15 is 0 Å². The van der Waals surface area contributed by atoms with Gasteiger partial charge >= 0.3 is 0 Å². The van der Waals surface area contributed by atoms with Crippen molar-refractivity contribution >= 4 is 28.9 Å². The number of amides is 1. The summed E-state index contributed by atoms with van der Waals surface area (Å²) in [5.41, 5.74) is 4.10. The van der Waals surface area contributed by atoms with E-state index in [1.165, 1.54) is 22.9 Å². The predicted octanol–water partition coefficient (Wildman–Crippen LogP) is 2.84. The van der Waals surface area contributed by atoms with Crippen LogP contribution in [0.15, 0.2) is 29.4 Å². The Bertz CT molecular complexity index is 824. The van der Waals surface area contributed by atoms with Crippen LogP contribution in [0.1, 0.15) is 31.9 Å². The Morgan fingerprint density at radius 2 is 2.04 bits per heavy atom. The SMILES string of the molecule is CC1=CC(C)(C)N(C(=O)CSc2nnnn2C)c2ccc(C)cc21. The van der Waals surface area contributed by atoms with Gasteiger partial charge in [0, 0.05) is 12.6 Å². The fraction of sp³-hybridized carbons (Fsp3) is 0.412. The molecule has 1 aliphatic rings. The van der Waals surface area contributed by atoms with Gasteiger partial charge in [0.05, 0.1) is 17.0 Å². The second-order valence-electron chi connectivity index (χ2n) is 6.60. The van der Waals surface area contributed by atoms with Crippen LogP contribution in [-0.2, 0) is 11.8 Å². The van der Waals surface area contributed by atoms with Gasteiger partial charge in [-0.2, -0.15) is 0 Å². The second kappa shape index (κ2) is 6.05. The van der Waals surface area contributed by atoms with Gasteiger partial charge in [-0.25, -0.2) is 4.68 Å². The molecule has 1 aliphatic heterocycles. The summed E-state index contributed by atoms with van der Waals surface area (Å²) >= 11 is 1.35. The highest BCUT2D eigenvalue weighted by molar-refractivity contribution is 7.99. The lowest BCUT2D eigenvalue weighted by Crippen LogP contribution is -2.49. The monoisotopic (exact) mass is 343 g/mol. The predicted molar refractivity (Wildman–Crippen MR) is 95.9 cm³/mol. The first-order valence-corrected chi connectivity index (χ1v) is 8.77. The van der Waals surface area contributed by atoms with Gasteiger partial charge < -0.3 is 4.90 Å². The van der Waals surface area contributed by atoms with Gasteiger partial charge in [0.2, 0.25) is 11.1 Å². The van der Waals surface area contributed by atoms with Crippen LogP contribution in [0.3, 0.4) is 0 Å². The molecular formula is C17H21N5OS. The number of aryl methyl sites for hydroxylation is 2. The highest BCUT2D eigenvalue weighted by Crippen LogP contribution is 2.39. The lowest BCUT2D eigenvalue weighted by atomic mass is 9.88. The smallest absolute Gasteiger partial charge is 0.238 e. The third-order valence-electron chi connectivity index (χ3n) is 4.12. The average Bonchev–Trinajstić information content (AvgIpc) is 2.90. The minimum atomic E-state index is -0.373. The van der Waals surface area contributed by atoms with Gasteiger partial charge in [0.1, 0.15) is 0 Å². The van der Waals surface area contributed by atoms with Crippen molar-refractivity contribution in [3.8, 4) is 0 Å². The molecule has 0 fully saturated rings. The molecule has 24 heavy (non-hydrogen) atoms. The number of rotatable bonds is 3. The molecule has 1 amide bonds. The largest absolute Gasteiger partial charge is 0.302 e. The third-order valence-corrected chi connectivity index (χ3v) is 5.11. The van der Waals surface area contributed by atoms with E-state index in [4.69, 9.17) is 0 Å². The first-order valence-electron chi connectivity index (χ1n) is 7.78. The van der Waals surface area contributed by atoms with Crippen molar-refractivity contribution in [3.63, 3.8) is 0 Å². The van der Waals surface area contributed by atoms with Gasteiger partial charge in [-0.1, -0.05) is 29.5 Å². The van der Waals surface area contributed by atoms with Crippen molar-refractivity contribution in [2.45, 2.75) is 38.4 Å². The summed E-state index contributed by atoms with van der Waals surface area (Å²) in [7, 11) is 1.77. The number of anilines is 1. The van der Waals surface area contributed by atoms with Gasteiger partial charge in [-0.3, -0.25) is 4.79 Å². The number of allylic oxidation sites excluding steroid dienone is 1. The minimum absolute atomic E-state index is 0.0434. The van der Waals surface area contributed by atoms with E-state index in [1.807, 2.05) is 17.0 Å². The third kappa shape index (κ3) is 2.96. The van der Waals surface area contributed by atoms with Crippen molar-refractivity contribution in [2.24, 2.45) is 7.05 Å². The Morgan fingerprint density at radius 3 is 2.71 bits per heavy atom. The number of nitrogens with zero attached hydrogens (tertiary/aromatic N) is 5. The van der Waals surface area contributed by atoms with Crippen LogP contribution >= 0.6 is 11.8 Å². The van der Waals surface area contributed by atoms with Crippen LogP contribution in [0.4, 0.5) is 5.69 Å². The molecule has 2 aromatic rings. The van der Waals surface area contributed by atoms with E-state index in [9.17, 15) is 4.79 Å². The van der Waals surface area contributed by atoms with Crippen LogP contribution < -0.4 is 4.90 Å². The van der Waals surface area contributed by atoms with Crippen LogP contribution in [-0.4, -0.2) is 37.4 Å².